The zero-order valence-electron chi connectivity index (χ0n) is 38.0. The summed E-state index contributed by atoms with van der Waals surface area (Å²) in [6, 6.07) is 15.2. The molecule has 0 aliphatic carbocycles. The molecule has 13 heteroatoms. The van der Waals surface area contributed by atoms with Gasteiger partial charge in [-0.25, -0.2) is 5.84 Å². The lowest BCUT2D eigenvalue weighted by molar-refractivity contribution is -0.133. The van der Waals surface area contributed by atoms with Crippen molar-refractivity contribution in [3.8, 4) is 0 Å². The Hall–Kier alpha value is -4.46. The molecule has 2 aromatic rings. The molecule has 0 spiro atoms. The number of para-hydroxylation sites is 1. The van der Waals surface area contributed by atoms with Crippen LogP contribution in [0.4, 0.5) is 5.69 Å². The van der Waals surface area contributed by atoms with Gasteiger partial charge in [0.05, 0.1) is 47.8 Å². The molecule has 7 N–H and O–H groups in total. The van der Waals surface area contributed by atoms with Crippen LogP contribution in [-0.2, 0) is 35.2 Å². The zero-order chi connectivity index (χ0) is 44.5. The minimum atomic E-state index is -0.767. The van der Waals surface area contributed by atoms with E-state index in [1.54, 1.807) is 24.0 Å². The largest absolute Gasteiger partial charge is 0.396 e. The summed E-state index contributed by atoms with van der Waals surface area (Å²) in [5.41, 5.74) is 8.20. The Kier molecular flexibility index (Phi) is 20.6. The Morgan fingerprint density at radius 1 is 0.741 bits per heavy atom. The molecule has 3 rings (SSSR count). The van der Waals surface area contributed by atoms with Crippen LogP contribution in [0.2, 0.25) is 0 Å². The predicted octanol–water partition coefficient (Wildman–Crippen LogP) is 6.36. The summed E-state index contributed by atoms with van der Waals surface area (Å²) in [6.07, 6.45) is 1.16. The number of nitrogens with one attached hydrogen (secondary N) is 3. The Labute approximate surface area is 349 Å². The number of carbonyl (C=O) groups is 4. The number of ether oxygens (including phenoxy) is 2. The van der Waals surface area contributed by atoms with Crippen molar-refractivity contribution < 1.29 is 28.7 Å². The molecule has 1 heterocycles. The SMILES string of the molecule is CC.CC.CNC(=O)C(C)(C)CCOC(C)(C)CC(=O)NCCC(=O)N1Cc2ccccc2/C(N)=C(/N(N)CC(C)(C)OCCC(C)(C)C(=O)NC)c2ccccc21. The molecule has 1 aliphatic heterocycles. The van der Waals surface area contributed by atoms with E-state index in [0.717, 1.165) is 11.1 Å². The van der Waals surface area contributed by atoms with E-state index in [2.05, 4.69) is 16.0 Å². The lowest BCUT2D eigenvalue weighted by atomic mass is 9.88. The predicted molar refractivity (Wildman–Crippen MR) is 236 cm³/mol. The summed E-state index contributed by atoms with van der Waals surface area (Å²) in [5.74, 6) is 6.32. The highest BCUT2D eigenvalue weighted by atomic mass is 16.5. The van der Waals surface area contributed by atoms with E-state index in [-0.39, 0.29) is 56.1 Å². The molecule has 0 atom stereocenters. The Morgan fingerprint density at radius 3 is 1.76 bits per heavy atom. The number of carbonyl (C=O) groups excluding carboxylic acids is 4. The fourth-order valence-corrected chi connectivity index (χ4v) is 6.44. The van der Waals surface area contributed by atoms with Crippen LogP contribution in [0, 0.1) is 10.8 Å². The van der Waals surface area contributed by atoms with Gasteiger partial charge in [0.25, 0.3) is 0 Å². The smallest absolute Gasteiger partial charge is 0.229 e. The van der Waals surface area contributed by atoms with Crippen LogP contribution in [0.1, 0.15) is 125 Å². The Morgan fingerprint density at radius 2 is 1.22 bits per heavy atom. The van der Waals surface area contributed by atoms with Gasteiger partial charge in [-0.15, -0.1) is 0 Å². The van der Waals surface area contributed by atoms with Crippen molar-refractivity contribution in [1.29, 1.82) is 0 Å². The highest BCUT2D eigenvalue weighted by Crippen LogP contribution is 2.38. The molecule has 1 aliphatic rings. The third-order valence-corrected chi connectivity index (χ3v) is 9.85. The maximum Gasteiger partial charge on any atom is 0.229 e. The van der Waals surface area contributed by atoms with E-state index in [4.69, 9.17) is 21.1 Å². The number of amides is 4. The van der Waals surface area contributed by atoms with E-state index in [1.807, 2.05) is 132 Å². The maximum absolute atomic E-state index is 14.0. The summed E-state index contributed by atoms with van der Waals surface area (Å²) in [7, 11) is 3.23. The first-order valence-electron chi connectivity index (χ1n) is 20.6. The average molecular weight is 810 g/mol. The van der Waals surface area contributed by atoms with Crippen molar-refractivity contribution in [1.82, 2.24) is 21.0 Å². The van der Waals surface area contributed by atoms with Crippen molar-refractivity contribution in [2.24, 2.45) is 22.4 Å². The van der Waals surface area contributed by atoms with Gasteiger partial charge in [0.2, 0.25) is 23.6 Å². The molecule has 0 unspecified atom stereocenters. The number of nitrogens with two attached hydrogens (primary N) is 2. The molecule has 0 fully saturated rings. The topological polar surface area (TPSA) is 181 Å². The summed E-state index contributed by atoms with van der Waals surface area (Å²) >= 11 is 0. The molecule has 4 amide bonds. The van der Waals surface area contributed by atoms with E-state index >= 15 is 0 Å². The third-order valence-electron chi connectivity index (χ3n) is 9.85. The van der Waals surface area contributed by atoms with Crippen LogP contribution in [0.15, 0.2) is 48.5 Å². The number of hydrogen-bond donors (Lipinski definition) is 5. The quantitative estimate of drug-likeness (QED) is 0.0846. The molecule has 0 saturated carbocycles. The lowest BCUT2D eigenvalue weighted by Crippen LogP contribution is -2.45. The van der Waals surface area contributed by atoms with E-state index in [1.165, 1.54) is 0 Å². The normalized spacial score (nSPS) is 14.2. The summed E-state index contributed by atoms with van der Waals surface area (Å²) < 4.78 is 12.3. The first-order chi connectivity index (χ1) is 27.1. The fraction of sp³-hybridized carbons (Fsp3) is 0.600. The molecule has 13 nitrogen and oxygen atoms in total. The molecule has 0 radical (unpaired) electrons. The van der Waals surface area contributed by atoms with Gasteiger partial charge in [-0.1, -0.05) is 97.9 Å². The van der Waals surface area contributed by atoms with Gasteiger partial charge in [-0.2, -0.15) is 0 Å². The van der Waals surface area contributed by atoms with Crippen molar-refractivity contribution in [3.63, 3.8) is 0 Å². The molecule has 0 saturated heterocycles. The first-order valence-corrected chi connectivity index (χ1v) is 20.6. The van der Waals surface area contributed by atoms with Crippen LogP contribution in [-0.4, -0.2) is 80.2 Å². The van der Waals surface area contributed by atoms with E-state index in [0.29, 0.717) is 48.7 Å². The van der Waals surface area contributed by atoms with E-state index < -0.39 is 22.0 Å². The third kappa shape index (κ3) is 15.0. The van der Waals surface area contributed by atoms with E-state index in [9.17, 15) is 19.2 Å². The van der Waals surface area contributed by atoms with Crippen molar-refractivity contribution in [3.05, 3.63) is 65.2 Å². The minimum absolute atomic E-state index is 0.0536. The van der Waals surface area contributed by atoms with Gasteiger partial charge in [-0.05, 0) is 52.2 Å². The number of anilines is 1. The highest BCUT2D eigenvalue weighted by Gasteiger charge is 2.33. The fourth-order valence-electron chi connectivity index (χ4n) is 6.44. The van der Waals surface area contributed by atoms with Crippen LogP contribution < -0.4 is 32.4 Å². The number of rotatable bonds is 18. The number of benzene rings is 2. The van der Waals surface area contributed by atoms with Crippen LogP contribution in [0.3, 0.4) is 0 Å². The Balaban J connectivity index is 0.00000407. The van der Waals surface area contributed by atoms with Gasteiger partial charge >= 0.3 is 0 Å². The first kappa shape index (κ1) is 51.6. The zero-order valence-corrected chi connectivity index (χ0v) is 38.0. The van der Waals surface area contributed by atoms with Crippen molar-refractivity contribution in [2.75, 3.05) is 45.3 Å². The number of hydrazine groups is 1. The summed E-state index contributed by atoms with van der Waals surface area (Å²) in [6.45, 7) is 24.3. The highest BCUT2D eigenvalue weighted by molar-refractivity contribution is 6.01. The van der Waals surface area contributed by atoms with Gasteiger partial charge in [0, 0.05) is 62.2 Å². The van der Waals surface area contributed by atoms with Gasteiger partial charge in [-0.3, -0.25) is 19.2 Å². The van der Waals surface area contributed by atoms with Crippen LogP contribution in [0.5, 0.6) is 0 Å². The minimum Gasteiger partial charge on any atom is -0.396 e. The summed E-state index contributed by atoms with van der Waals surface area (Å²) in [5, 5.41) is 9.84. The summed E-state index contributed by atoms with van der Waals surface area (Å²) in [4.78, 5) is 53.2. The molecular formula is C45H75N7O6. The molecule has 326 valence electrons. The maximum atomic E-state index is 14.0. The van der Waals surface area contributed by atoms with Gasteiger partial charge in [0.1, 0.15) is 0 Å². The lowest BCUT2D eigenvalue weighted by Gasteiger charge is -2.37. The second-order valence-electron chi connectivity index (χ2n) is 16.5. The van der Waals surface area contributed by atoms with Gasteiger partial charge < -0.3 is 41.1 Å². The van der Waals surface area contributed by atoms with Crippen LogP contribution in [0.25, 0.3) is 11.4 Å². The van der Waals surface area contributed by atoms with Crippen molar-refractivity contribution in [2.45, 2.75) is 127 Å². The second kappa shape index (κ2) is 23.2. The second-order valence-corrected chi connectivity index (χ2v) is 16.5. The Bertz CT molecular complexity index is 1680. The van der Waals surface area contributed by atoms with Crippen molar-refractivity contribution >= 4 is 40.7 Å². The molecular weight excluding hydrogens is 735 g/mol. The molecule has 0 bridgehead atoms. The standard InChI is InChI=1S/C41H63N7O6.2C2H6/c1-38(2,36(51)44-9)20-23-53-40(5,6)25-32(49)46-22-19-33(50)47-26-28-15-11-12-16-29(28)34(42)35(30-17-13-14-18-31(30)47)48(43)27-41(7,8)54-24-21-39(3,4)37(52)45-10;2*1-2/h11-18H,19-27,42-43H2,1-10H3,(H,44,51)(H,45,52)(H,46,49);2*1-2H3/b35-34-;;. The van der Waals surface area contributed by atoms with Crippen LogP contribution >= 0.6 is 0 Å². The number of fused-ring (bicyclic) bond motifs is 2. The number of hydrogen-bond acceptors (Lipinski definition) is 9. The molecule has 2 aromatic carbocycles. The van der Waals surface area contributed by atoms with Gasteiger partial charge in [0.15, 0.2) is 0 Å². The molecule has 58 heavy (non-hydrogen) atoms. The number of nitrogens with zero attached hydrogens (tertiary/aromatic N) is 2. The monoisotopic (exact) mass is 810 g/mol. The molecule has 0 aromatic heterocycles. The average Bonchev–Trinajstić information content (AvgIpc) is 3.16.